The zero-order valence-corrected chi connectivity index (χ0v) is 15.4. The maximum absolute atomic E-state index is 11.9. The Morgan fingerprint density at radius 1 is 1.04 bits per heavy atom. The Morgan fingerprint density at radius 2 is 1.77 bits per heavy atom. The standard InChI is InChI=1S/C21H22N2O2S/c24-20(12-7-13-25-19-10-5-2-6-11-19)22-15-18-16-26-21(23-18)14-17-8-3-1-4-9-17/h1-6,8-11,16H,7,12-15H2,(H,22,24). The number of carbonyl (C=O) groups is 1. The third-order valence-corrected chi connectivity index (χ3v) is 4.72. The van der Waals surface area contributed by atoms with E-state index in [9.17, 15) is 4.79 Å². The van der Waals surface area contributed by atoms with Gasteiger partial charge in [0.1, 0.15) is 5.75 Å². The fraction of sp³-hybridized carbons (Fsp3) is 0.238. The second-order valence-electron chi connectivity index (χ2n) is 5.94. The lowest BCUT2D eigenvalue weighted by atomic mass is 10.2. The third-order valence-electron chi connectivity index (χ3n) is 3.82. The van der Waals surface area contributed by atoms with E-state index in [1.54, 1.807) is 11.3 Å². The number of amides is 1. The molecule has 2 aromatic carbocycles. The Labute approximate surface area is 157 Å². The molecule has 0 atom stereocenters. The van der Waals surface area contributed by atoms with Gasteiger partial charge in [-0.1, -0.05) is 48.5 Å². The smallest absolute Gasteiger partial charge is 0.220 e. The highest BCUT2D eigenvalue weighted by atomic mass is 32.1. The minimum atomic E-state index is 0.0271. The molecule has 0 spiro atoms. The average molecular weight is 366 g/mol. The van der Waals surface area contributed by atoms with Crippen molar-refractivity contribution in [1.82, 2.24) is 10.3 Å². The lowest BCUT2D eigenvalue weighted by molar-refractivity contribution is -0.121. The zero-order valence-electron chi connectivity index (χ0n) is 14.6. The second kappa shape index (κ2) is 9.73. The highest BCUT2D eigenvalue weighted by Gasteiger charge is 2.06. The minimum absolute atomic E-state index is 0.0271. The number of benzene rings is 2. The van der Waals surface area contributed by atoms with Gasteiger partial charge in [-0.05, 0) is 24.1 Å². The molecular weight excluding hydrogens is 344 g/mol. The number of nitrogens with one attached hydrogen (secondary N) is 1. The first-order chi connectivity index (χ1) is 12.8. The zero-order chi connectivity index (χ0) is 18.0. The summed E-state index contributed by atoms with van der Waals surface area (Å²) in [5, 5.41) is 6.00. The van der Waals surface area contributed by atoms with Crippen LogP contribution in [0.3, 0.4) is 0 Å². The van der Waals surface area contributed by atoms with E-state index in [-0.39, 0.29) is 5.91 Å². The summed E-state index contributed by atoms with van der Waals surface area (Å²) in [6.45, 7) is 1.01. The number of nitrogens with zero attached hydrogens (tertiary/aromatic N) is 1. The molecular formula is C21H22N2O2S. The molecule has 0 aliphatic carbocycles. The van der Waals surface area contributed by atoms with Gasteiger partial charge in [-0.2, -0.15) is 0 Å². The molecule has 0 aliphatic rings. The lowest BCUT2D eigenvalue weighted by Crippen LogP contribution is -2.23. The van der Waals surface area contributed by atoms with Crippen LogP contribution in [0.25, 0.3) is 0 Å². The number of aromatic nitrogens is 1. The maximum Gasteiger partial charge on any atom is 0.220 e. The predicted octanol–water partition coefficient (Wildman–Crippen LogP) is 4.21. The lowest BCUT2D eigenvalue weighted by Gasteiger charge is -2.06. The van der Waals surface area contributed by atoms with Gasteiger partial charge >= 0.3 is 0 Å². The fourth-order valence-corrected chi connectivity index (χ4v) is 3.33. The van der Waals surface area contributed by atoms with Gasteiger partial charge in [0.05, 0.1) is 23.9 Å². The summed E-state index contributed by atoms with van der Waals surface area (Å²) in [6.07, 6.45) is 1.97. The van der Waals surface area contributed by atoms with E-state index in [4.69, 9.17) is 4.74 Å². The normalized spacial score (nSPS) is 10.5. The van der Waals surface area contributed by atoms with Gasteiger partial charge in [0.2, 0.25) is 5.91 Å². The molecule has 1 aromatic heterocycles. The largest absolute Gasteiger partial charge is 0.494 e. The van der Waals surface area contributed by atoms with Crippen LogP contribution in [0.2, 0.25) is 0 Å². The van der Waals surface area contributed by atoms with Crippen molar-refractivity contribution in [1.29, 1.82) is 0 Å². The summed E-state index contributed by atoms with van der Waals surface area (Å²) in [5.74, 6) is 0.862. The van der Waals surface area contributed by atoms with E-state index in [0.717, 1.165) is 22.9 Å². The number of thiazole rings is 1. The van der Waals surface area contributed by atoms with Crippen LogP contribution in [-0.2, 0) is 17.8 Å². The molecule has 3 aromatic rings. The maximum atomic E-state index is 11.9. The van der Waals surface area contributed by atoms with Crippen LogP contribution >= 0.6 is 11.3 Å². The number of carbonyl (C=O) groups excluding carboxylic acids is 1. The van der Waals surface area contributed by atoms with Crippen molar-refractivity contribution in [2.45, 2.75) is 25.8 Å². The minimum Gasteiger partial charge on any atom is -0.494 e. The van der Waals surface area contributed by atoms with Crippen molar-refractivity contribution < 1.29 is 9.53 Å². The molecule has 1 N–H and O–H groups in total. The highest BCUT2D eigenvalue weighted by Crippen LogP contribution is 2.14. The third kappa shape index (κ3) is 6.01. The van der Waals surface area contributed by atoms with Crippen LogP contribution in [-0.4, -0.2) is 17.5 Å². The summed E-state index contributed by atoms with van der Waals surface area (Å²) in [6, 6.07) is 19.9. The summed E-state index contributed by atoms with van der Waals surface area (Å²) < 4.78 is 5.59. The monoisotopic (exact) mass is 366 g/mol. The molecule has 0 saturated carbocycles. The fourth-order valence-electron chi connectivity index (χ4n) is 2.50. The molecule has 3 rings (SSSR count). The SMILES string of the molecule is O=C(CCCOc1ccccc1)NCc1csc(Cc2ccccc2)n1. The van der Waals surface area contributed by atoms with Crippen LogP contribution in [0.5, 0.6) is 5.75 Å². The first-order valence-electron chi connectivity index (χ1n) is 8.71. The molecule has 1 amide bonds. The molecule has 5 heteroatoms. The van der Waals surface area contributed by atoms with E-state index in [1.165, 1.54) is 5.56 Å². The number of hydrogen-bond acceptors (Lipinski definition) is 4. The molecule has 0 saturated heterocycles. The summed E-state index contributed by atoms with van der Waals surface area (Å²) >= 11 is 1.63. The summed E-state index contributed by atoms with van der Waals surface area (Å²) in [7, 11) is 0. The van der Waals surface area contributed by atoms with Gasteiger partial charge in [0.15, 0.2) is 0 Å². The summed E-state index contributed by atoms with van der Waals surface area (Å²) in [4.78, 5) is 16.5. The van der Waals surface area contributed by atoms with Crippen LogP contribution in [0, 0.1) is 0 Å². The van der Waals surface area contributed by atoms with Crippen LogP contribution in [0.15, 0.2) is 66.0 Å². The number of para-hydroxylation sites is 1. The van der Waals surface area contributed by atoms with Crippen molar-refractivity contribution in [2.24, 2.45) is 0 Å². The first kappa shape index (κ1) is 18.1. The Balaban J connectivity index is 1.34. The van der Waals surface area contributed by atoms with Crippen molar-refractivity contribution in [3.63, 3.8) is 0 Å². The van der Waals surface area contributed by atoms with Crippen LogP contribution in [0.4, 0.5) is 0 Å². The van der Waals surface area contributed by atoms with Crippen molar-refractivity contribution in [3.05, 3.63) is 82.3 Å². The van der Waals surface area contributed by atoms with E-state index < -0.39 is 0 Å². The number of hydrogen-bond donors (Lipinski definition) is 1. The Bertz CT molecular complexity index is 803. The van der Waals surface area contributed by atoms with Gasteiger partial charge in [-0.3, -0.25) is 4.79 Å². The molecule has 4 nitrogen and oxygen atoms in total. The number of rotatable bonds is 9. The number of ether oxygens (including phenoxy) is 1. The molecule has 0 radical (unpaired) electrons. The molecule has 0 unspecified atom stereocenters. The molecule has 0 aliphatic heterocycles. The Kier molecular flexibility index (Phi) is 6.79. The van der Waals surface area contributed by atoms with Crippen molar-refractivity contribution >= 4 is 17.2 Å². The van der Waals surface area contributed by atoms with Gasteiger partial charge in [0.25, 0.3) is 0 Å². The molecule has 0 fully saturated rings. The van der Waals surface area contributed by atoms with Gasteiger partial charge in [-0.25, -0.2) is 4.98 Å². The molecule has 26 heavy (non-hydrogen) atoms. The van der Waals surface area contributed by atoms with E-state index >= 15 is 0 Å². The quantitative estimate of drug-likeness (QED) is 0.577. The second-order valence-corrected chi connectivity index (χ2v) is 6.88. The van der Waals surface area contributed by atoms with Crippen LogP contribution in [0.1, 0.15) is 29.1 Å². The topological polar surface area (TPSA) is 51.2 Å². The Hall–Kier alpha value is -2.66. The molecule has 0 bridgehead atoms. The van der Waals surface area contributed by atoms with Crippen molar-refractivity contribution in [3.8, 4) is 5.75 Å². The summed E-state index contributed by atoms with van der Waals surface area (Å²) in [5.41, 5.74) is 2.16. The first-order valence-corrected chi connectivity index (χ1v) is 9.59. The van der Waals surface area contributed by atoms with Gasteiger partial charge in [-0.15, -0.1) is 11.3 Å². The molecule has 1 heterocycles. The Morgan fingerprint density at radius 3 is 2.54 bits per heavy atom. The predicted molar refractivity (Wildman–Crippen MR) is 104 cm³/mol. The van der Waals surface area contributed by atoms with E-state index in [2.05, 4.69) is 22.4 Å². The van der Waals surface area contributed by atoms with Crippen molar-refractivity contribution in [2.75, 3.05) is 6.61 Å². The highest BCUT2D eigenvalue weighted by molar-refractivity contribution is 7.09. The van der Waals surface area contributed by atoms with Crippen LogP contribution < -0.4 is 10.1 Å². The van der Waals surface area contributed by atoms with Gasteiger partial charge < -0.3 is 10.1 Å². The average Bonchev–Trinajstić information content (AvgIpc) is 3.12. The van der Waals surface area contributed by atoms with E-state index in [0.29, 0.717) is 26.0 Å². The van der Waals surface area contributed by atoms with Gasteiger partial charge in [0, 0.05) is 18.2 Å². The van der Waals surface area contributed by atoms with E-state index in [1.807, 2.05) is 53.9 Å². The molecule has 134 valence electrons.